The third kappa shape index (κ3) is 3.38. The molecule has 0 fully saturated rings. The van der Waals surface area contributed by atoms with Crippen molar-refractivity contribution in [1.82, 2.24) is 9.71 Å². The Kier molecular flexibility index (Phi) is 4.00. The molecule has 2 rings (SSSR count). The molecule has 0 radical (unpaired) electrons. The van der Waals surface area contributed by atoms with E-state index in [2.05, 4.69) is 9.71 Å². The zero-order chi connectivity index (χ0) is 13.9. The van der Waals surface area contributed by atoms with Crippen LogP contribution >= 0.6 is 11.3 Å². The van der Waals surface area contributed by atoms with Gasteiger partial charge in [0.1, 0.15) is 10.5 Å². The second-order valence-electron chi connectivity index (χ2n) is 4.30. The molecule has 0 bridgehead atoms. The van der Waals surface area contributed by atoms with Crippen molar-refractivity contribution in [3.63, 3.8) is 0 Å². The van der Waals surface area contributed by atoms with Crippen LogP contribution in [0, 0.1) is 0 Å². The molecule has 0 aromatic carbocycles. The number of nitrogens with one attached hydrogen (secondary N) is 1. The molecule has 0 amide bonds. The van der Waals surface area contributed by atoms with E-state index in [1.165, 1.54) is 29.8 Å². The molecule has 0 aliphatic rings. The van der Waals surface area contributed by atoms with Crippen molar-refractivity contribution in [2.75, 3.05) is 6.54 Å². The number of hydrogen-bond acceptors (Lipinski definition) is 5. The maximum Gasteiger partial charge on any atom is 0.242 e. The molecule has 102 valence electrons. The van der Waals surface area contributed by atoms with Crippen LogP contribution in [-0.4, -0.2) is 25.1 Å². The lowest BCUT2D eigenvalue weighted by Crippen LogP contribution is -2.38. The van der Waals surface area contributed by atoms with Gasteiger partial charge in [-0.1, -0.05) is 0 Å². The van der Waals surface area contributed by atoms with Crippen LogP contribution < -0.4 is 4.72 Å². The average Bonchev–Trinajstić information content (AvgIpc) is 2.93. The van der Waals surface area contributed by atoms with Gasteiger partial charge in [0.05, 0.1) is 0 Å². The minimum Gasteiger partial charge on any atom is -0.384 e. The summed E-state index contributed by atoms with van der Waals surface area (Å²) in [6, 6.07) is 4.77. The number of rotatable bonds is 5. The molecule has 2 heterocycles. The average molecular weight is 298 g/mol. The van der Waals surface area contributed by atoms with Gasteiger partial charge in [0.25, 0.3) is 0 Å². The Labute approximate surface area is 116 Å². The summed E-state index contributed by atoms with van der Waals surface area (Å²) in [7, 11) is -3.65. The normalized spacial score (nSPS) is 15.1. The standard InChI is InChI=1S/C12H14N2O3S2/c1-12(15,10-4-6-18-8-10)9-14-19(16,17)11-3-2-5-13-7-11/h2-8,14-15H,9H2,1H3. The molecule has 5 nitrogen and oxygen atoms in total. The molecule has 0 aliphatic carbocycles. The largest absolute Gasteiger partial charge is 0.384 e. The van der Waals surface area contributed by atoms with Crippen LogP contribution in [0.2, 0.25) is 0 Å². The quantitative estimate of drug-likeness (QED) is 0.873. The van der Waals surface area contributed by atoms with Gasteiger partial charge in [-0.3, -0.25) is 4.98 Å². The third-order valence-electron chi connectivity index (χ3n) is 2.69. The second-order valence-corrected chi connectivity index (χ2v) is 6.85. The van der Waals surface area contributed by atoms with E-state index in [9.17, 15) is 13.5 Å². The molecule has 1 unspecified atom stereocenters. The molecule has 7 heteroatoms. The summed E-state index contributed by atoms with van der Waals surface area (Å²) >= 11 is 1.45. The SMILES string of the molecule is CC(O)(CNS(=O)(=O)c1cccnc1)c1ccsc1. The van der Waals surface area contributed by atoms with E-state index >= 15 is 0 Å². The number of aromatic nitrogens is 1. The number of nitrogens with zero attached hydrogens (tertiary/aromatic N) is 1. The molecule has 2 aromatic rings. The summed E-state index contributed by atoms with van der Waals surface area (Å²) in [5.41, 5.74) is -0.554. The van der Waals surface area contributed by atoms with Gasteiger partial charge in [0, 0.05) is 18.9 Å². The van der Waals surface area contributed by atoms with E-state index in [4.69, 9.17) is 0 Å². The van der Waals surface area contributed by atoms with Crippen molar-refractivity contribution in [3.8, 4) is 0 Å². The maximum absolute atomic E-state index is 12.0. The van der Waals surface area contributed by atoms with Crippen LogP contribution in [0.3, 0.4) is 0 Å². The van der Waals surface area contributed by atoms with E-state index in [0.717, 1.165) is 0 Å². The van der Waals surface area contributed by atoms with Crippen molar-refractivity contribution in [3.05, 3.63) is 46.9 Å². The van der Waals surface area contributed by atoms with Crippen molar-refractivity contribution < 1.29 is 13.5 Å². The predicted octanol–water partition coefficient (Wildman–Crippen LogP) is 1.33. The fraction of sp³-hybridized carbons (Fsp3) is 0.250. The van der Waals surface area contributed by atoms with Crippen LogP contribution in [0.4, 0.5) is 0 Å². The Balaban J connectivity index is 2.11. The van der Waals surface area contributed by atoms with Crippen molar-refractivity contribution in [1.29, 1.82) is 0 Å². The summed E-state index contributed by atoms with van der Waals surface area (Å²) in [4.78, 5) is 3.85. The first kappa shape index (κ1) is 14.1. The number of pyridine rings is 1. The first-order chi connectivity index (χ1) is 8.92. The fourth-order valence-electron chi connectivity index (χ4n) is 1.50. The number of hydrogen-bond donors (Lipinski definition) is 2. The second kappa shape index (κ2) is 5.38. The molecule has 0 aliphatic heterocycles. The number of aliphatic hydroxyl groups is 1. The van der Waals surface area contributed by atoms with Gasteiger partial charge in [-0.15, -0.1) is 0 Å². The van der Waals surface area contributed by atoms with Crippen LogP contribution in [0.1, 0.15) is 12.5 Å². The van der Waals surface area contributed by atoms with E-state index in [0.29, 0.717) is 5.56 Å². The molecule has 2 N–H and O–H groups in total. The fourth-order valence-corrected chi connectivity index (χ4v) is 3.38. The van der Waals surface area contributed by atoms with Gasteiger partial charge in [0.15, 0.2) is 0 Å². The predicted molar refractivity (Wildman–Crippen MR) is 73.3 cm³/mol. The summed E-state index contributed by atoms with van der Waals surface area (Å²) in [6.07, 6.45) is 2.77. The Morgan fingerprint density at radius 1 is 1.47 bits per heavy atom. The molecule has 1 atom stereocenters. The van der Waals surface area contributed by atoms with Gasteiger partial charge in [-0.05, 0) is 41.4 Å². The van der Waals surface area contributed by atoms with E-state index in [-0.39, 0.29) is 11.4 Å². The van der Waals surface area contributed by atoms with Crippen LogP contribution in [0.5, 0.6) is 0 Å². The molecular weight excluding hydrogens is 284 g/mol. The summed E-state index contributed by atoms with van der Waals surface area (Å²) in [6.45, 7) is 1.47. The number of thiophene rings is 1. The lowest BCUT2D eigenvalue weighted by Gasteiger charge is -2.22. The molecule has 2 aromatic heterocycles. The highest BCUT2D eigenvalue weighted by atomic mass is 32.2. The monoisotopic (exact) mass is 298 g/mol. The highest BCUT2D eigenvalue weighted by Crippen LogP contribution is 2.22. The summed E-state index contributed by atoms with van der Waals surface area (Å²) < 4.78 is 26.4. The highest BCUT2D eigenvalue weighted by molar-refractivity contribution is 7.89. The number of sulfonamides is 1. The van der Waals surface area contributed by atoms with Crippen LogP contribution in [0.15, 0.2) is 46.2 Å². The van der Waals surface area contributed by atoms with Gasteiger partial charge < -0.3 is 5.11 Å². The van der Waals surface area contributed by atoms with Gasteiger partial charge in [0.2, 0.25) is 10.0 Å². The molecular formula is C12H14N2O3S2. The zero-order valence-electron chi connectivity index (χ0n) is 10.3. The van der Waals surface area contributed by atoms with E-state index in [1.54, 1.807) is 24.4 Å². The zero-order valence-corrected chi connectivity index (χ0v) is 11.9. The Morgan fingerprint density at radius 3 is 2.84 bits per heavy atom. The molecule has 0 saturated heterocycles. The Morgan fingerprint density at radius 2 is 2.26 bits per heavy atom. The smallest absolute Gasteiger partial charge is 0.242 e. The van der Waals surface area contributed by atoms with E-state index in [1.807, 2.05) is 5.38 Å². The topological polar surface area (TPSA) is 79.3 Å². The van der Waals surface area contributed by atoms with Crippen LogP contribution in [0.25, 0.3) is 0 Å². The van der Waals surface area contributed by atoms with Gasteiger partial charge in [-0.25, -0.2) is 13.1 Å². The first-order valence-electron chi connectivity index (χ1n) is 5.56. The van der Waals surface area contributed by atoms with Gasteiger partial charge in [-0.2, -0.15) is 11.3 Å². The van der Waals surface area contributed by atoms with Gasteiger partial charge >= 0.3 is 0 Å². The van der Waals surface area contributed by atoms with E-state index < -0.39 is 15.6 Å². The Bertz CT molecular complexity index is 622. The summed E-state index contributed by atoms with van der Waals surface area (Å²) in [5, 5.41) is 13.9. The molecule has 19 heavy (non-hydrogen) atoms. The highest BCUT2D eigenvalue weighted by Gasteiger charge is 2.26. The minimum absolute atomic E-state index is 0.0797. The van der Waals surface area contributed by atoms with Crippen molar-refractivity contribution in [2.24, 2.45) is 0 Å². The molecule has 0 saturated carbocycles. The lowest BCUT2D eigenvalue weighted by atomic mass is 10.0. The molecule has 0 spiro atoms. The van der Waals surface area contributed by atoms with Crippen molar-refractivity contribution in [2.45, 2.75) is 17.4 Å². The van der Waals surface area contributed by atoms with Crippen molar-refractivity contribution >= 4 is 21.4 Å². The Hall–Kier alpha value is -1.28. The van der Waals surface area contributed by atoms with Crippen LogP contribution in [-0.2, 0) is 15.6 Å². The first-order valence-corrected chi connectivity index (χ1v) is 7.99. The minimum atomic E-state index is -3.65. The summed E-state index contributed by atoms with van der Waals surface area (Å²) in [5.74, 6) is 0. The lowest BCUT2D eigenvalue weighted by molar-refractivity contribution is 0.0632. The third-order valence-corrected chi connectivity index (χ3v) is 4.76. The maximum atomic E-state index is 12.0.